The van der Waals surface area contributed by atoms with E-state index >= 15 is 0 Å². The van der Waals surface area contributed by atoms with Gasteiger partial charge in [-0.2, -0.15) is 0 Å². The minimum absolute atomic E-state index is 0.539. The van der Waals surface area contributed by atoms with Crippen LogP contribution in [0.15, 0.2) is 35.5 Å². The number of fused-ring (bicyclic) bond motifs is 1. The van der Waals surface area contributed by atoms with Gasteiger partial charge in [0.25, 0.3) is 0 Å². The van der Waals surface area contributed by atoms with Crippen LogP contribution >= 0.6 is 34.7 Å². The number of rotatable bonds is 2. The number of aryl methyl sites for hydroxylation is 1. The number of aromatic nitrogens is 2. The Morgan fingerprint density at radius 3 is 2.58 bits per heavy atom. The van der Waals surface area contributed by atoms with Crippen molar-refractivity contribution in [3.63, 3.8) is 0 Å². The Balaban J connectivity index is 2.34. The molecule has 1 aromatic carbocycles. The van der Waals surface area contributed by atoms with Crippen LogP contribution in [-0.4, -0.2) is 16.2 Å². The van der Waals surface area contributed by atoms with E-state index < -0.39 is 0 Å². The maximum atomic E-state index is 6.35. The van der Waals surface area contributed by atoms with Crippen LogP contribution in [0, 0.1) is 6.92 Å². The lowest BCUT2D eigenvalue weighted by Gasteiger charge is -2.03. The third kappa shape index (κ3) is 2.24. The molecule has 0 amide bonds. The maximum Gasteiger partial charge on any atom is 0.190 e. The molecule has 3 aromatic rings. The van der Waals surface area contributed by atoms with Gasteiger partial charge in [-0.3, -0.25) is 0 Å². The van der Waals surface area contributed by atoms with Crippen molar-refractivity contribution in [2.45, 2.75) is 12.1 Å². The molecular formula is C14H11ClN2S2. The van der Waals surface area contributed by atoms with Crippen LogP contribution < -0.4 is 0 Å². The molecule has 0 saturated heterocycles. The molecule has 0 unspecified atom stereocenters. The summed E-state index contributed by atoms with van der Waals surface area (Å²) in [6.07, 6.45) is 1.95. The lowest BCUT2D eigenvalue weighted by atomic mass is 10.0. The predicted molar refractivity (Wildman–Crippen MR) is 84.4 cm³/mol. The Kier molecular flexibility index (Phi) is 3.48. The molecule has 0 radical (unpaired) electrons. The van der Waals surface area contributed by atoms with E-state index in [-0.39, 0.29) is 0 Å². The molecular weight excluding hydrogens is 296 g/mol. The van der Waals surface area contributed by atoms with E-state index in [1.165, 1.54) is 16.6 Å². The minimum Gasteiger partial charge on any atom is -0.211 e. The van der Waals surface area contributed by atoms with Gasteiger partial charge >= 0.3 is 0 Å². The average molecular weight is 307 g/mol. The van der Waals surface area contributed by atoms with Gasteiger partial charge in [-0.25, -0.2) is 9.97 Å². The summed E-state index contributed by atoms with van der Waals surface area (Å²) in [7, 11) is 0. The van der Waals surface area contributed by atoms with Crippen molar-refractivity contribution in [2.75, 3.05) is 6.26 Å². The summed E-state index contributed by atoms with van der Waals surface area (Å²) in [6.45, 7) is 2.10. The molecule has 0 aliphatic heterocycles. The average Bonchev–Trinajstić information content (AvgIpc) is 2.76. The van der Waals surface area contributed by atoms with Gasteiger partial charge in [-0.15, -0.1) is 11.3 Å². The van der Waals surface area contributed by atoms with E-state index in [2.05, 4.69) is 29.0 Å². The smallest absolute Gasteiger partial charge is 0.190 e. The highest BCUT2D eigenvalue weighted by Gasteiger charge is 2.16. The number of thioether (sulfide) groups is 1. The van der Waals surface area contributed by atoms with Crippen molar-refractivity contribution in [1.82, 2.24) is 9.97 Å². The number of hydrogen-bond acceptors (Lipinski definition) is 4. The highest BCUT2D eigenvalue weighted by atomic mass is 35.5. The summed E-state index contributed by atoms with van der Waals surface area (Å²) in [4.78, 5) is 11.1. The van der Waals surface area contributed by atoms with Gasteiger partial charge in [0.15, 0.2) is 5.16 Å². The number of nitrogens with zero attached hydrogens (tertiary/aromatic N) is 2. The summed E-state index contributed by atoms with van der Waals surface area (Å²) >= 11 is 9.53. The summed E-state index contributed by atoms with van der Waals surface area (Å²) in [5, 5.41) is 2.23. The summed E-state index contributed by atoms with van der Waals surface area (Å²) in [5.41, 5.74) is 2.31. The molecule has 2 nitrogen and oxygen atoms in total. The fraction of sp³-hybridized carbons (Fsp3) is 0.143. The zero-order chi connectivity index (χ0) is 13.4. The van der Waals surface area contributed by atoms with Crippen LogP contribution in [0.5, 0.6) is 0 Å². The van der Waals surface area contributed by atoms with E-state index in [1.807, 2.05) is 24.5 Å². The van der Waals surface area contributed by atoms with Crippen molar-refractivity contribution in [2.24, 2.45) is 0 Å². The SMILES string of the molecule is CSc1nc(Cl)c2c(-c3ccccc3)c(C)sc2n1. The van der Waals surface area contributed by atoms with Crippen LogP contribution in [0.3, 0.4) is 0 Å². The van der Waals surface area contributed by atoms with Crippen LogP contribution in [-0.2, 0) is 0 Å². The Morgan fingerprint density at radius 1 is 1.16 bits per heavy atom. The van der Waals surface area contributed by atoms with Gasteiger partial charge < -0.3 is 0 Å². The van der Waals surface area contributed by atoms with Gasteiger partial charge in [0.1, 0.15) is 9.98 Å². The van der Waals surface area contributed by atoms with E-state index in [9.17, 15) is 0 Å². The van der Waals surface area contributed by atoms with Gasteiger partial charge in [0.2, 0.25) is 0 Å². The third-order valence-corrected chi connectivity index (χ3v) is 4.73. The van der Waals surface area contributed by atoms with Crippen LogP contribution in [0.1, 0.15) is 4.88 Å². The zero-order valence-electron chi connectivity index (χ0n) is 10.5. The first-order valence-electron chi connectivity index (χ1n) is 5.76. The molecule has 0 bridgehead atoms. The summed E-state index contributed by atoms with van der Waals surface area (Å²) in [6, 6.07) is 10.3. The Morgan fingerprint density at radius 2 is 1.89 bits per heavy atom. The first-order valence-corrected chi connectivity index (χ1v) is 8.18. The molecule has 0 spiro atoms. The van der Waals surface area contributed by atoms with Gasteiger partial charge in [-0.1, -0.05) is 53.7 Å². The zero-order valence-corrected chi connectivity index (χ0v) is 12.9. The molecule has 0 saturated carbocycles. The molecule has 3 rings (SSSR count). The first kappa shape index (κ1) is 12.9. The molecule has 0 N–H and O–H groups in total. The van der Waals surface area contributed by atoms with Gasteiger partial charge in [-0.05, 0) is 18.7 Å². The molecule has 96 valence electrons. The second kappa shape index (κ2) is 5.12. The molecule has 5 heteroatoms. The monoisotopic (exact) mass is 306 g/mol. The van der Waals surface area contributed by atoms with E-state index in [1.54, 1.807) is 11.3 Å². The highest BCUT2D eigenvalue weighted by Crippen LogP contribution is 2.40. The molecule has 0 atom stereocenters. The molecule has 2 aromatic heterocycles. The quantitative estimate of drug-likeness (QED) is 0.377. The lowest BCUT2D eigenvalue weighted by Crippen LogP contribution is -1.87. The third-order valence-electron chi connectivity index (χ3n) is 2.91. The minimum atomic E-state index is 0.539. The van der Waals surface area contributed by atoms with Crippen molar-refractivity contribution < 1.29 is 0 Å². The Bertz CT molecular complexity index is 738. The number of thiophene rings is 1. The molecule has 2 heterocycles. The second-order valence-corrected chi connectivity index (χ2v) is 6.42. The fourth-order valence-corrected chi connectivity index (χ4v) is 3.93. The van der Waals surface area contributed by atoms with Gasteiger partial charge in [0, 0.05) is 10.4 Å². The van der Waals surface area contributed by atoms with Gasteiger partial charge in [0.05, 0.1) is 5.39 Å². The normalized spacial score (nSPS) is 11.1. The Hall–Kier alpha value is -1.10. The standard InChI is InChI=1S/C14H11ClN2S2/c1-8-10(9-6-4-3-5-7-9)11-12(15)16-14(18-2)17-13(11)19-8/h3-7H,1-2H3. The predicted octanol–water partition coefficient (Wildman–Crippen LogP) is 5.04. The van der Waals surface area contributed by atoms with E-state index in [4.69, 9.17) is 11.6 Å². The molecule has 19 heavy (non-hydrogen) atoms. The fourth-order valence-electron chi connectivity index (χ4n) is 2.10. The first-order chi connectivity index (χ1) is 9.20. The summed E-state index contributed by atoms with van der Waals surface area (Å²) in [5.74, 6) is 0. The molecule has 0 fully saturated rings. The Labute approximate surface area is 124 Å². The van der Waals surface area contributed by atoms with Crippen molar-refractivity contribution in [3.8, 4) is 11.1 Å². The van der Waals surface area contributed by atoms with Crippen LogP contribution in [0.2, 0.25) is 5.15 Å². The number of hydrogen-bond donors (Lipinski definition) is 0. The topological polar surface area (TPSA) is 25.8 Å². The van der Waals surface area contributed by atoms with Crippen LogP contribution in [0.4, 0.5) is 0 Å². The molecule has 0 aliphatic rings. The van der Waals surface area contributed by atoms with E-state index in [0.29, 0.717) is 5.15 Å². The molecule has 0 aliphatic carbocycles. The number of halogens is 1. The second-order valence-electron chi connectivity index (χ2n) is 4.08. The summed E-state index contributed by atoms with van der Waals surface area (Å²) < 4.78 is 0. The highest BCUT2D eigenvalue weighted by molar-refractivity contribution is 7.98. The van der Waals surface area contributed by atoms with Crippen molar-refractivity contribution in [1.29, 1.82) is 0 Å². The largest absolute Gasteiger partial charge is 0.211 e. The number of benzene rings is 1. The van der Waals surface area contributed by atoms with E-state index in [0.717, 1.165) is 26.5 Å². The van der Waals surface area contributed by atoms with Crippen molar-refractivity contribution >= 4 is 44.9 Å². The van der Waals surface area contributed by atoms with Crippen molar-refractivity contribution in [3.05, 3.63) is 40.4 Å². The van der Waals surface area contributed by atoms with Crippen LogP contribution in [0.25, 0.3) is 21.3 Å². The lowest BCUT2D eigenvalue weighted by molar-refractivity contribution is 1.01. The maximum absolute atomic E-state index is 6.35.